The zero-order valence-electron chi connectivity index (χ0n) is 14.9. The minimum Gasteiger partial charge on any atom is -0.484 e. The quantitative estimate of drug-likeness (QED) is 0.870. The van der Waals surface area contributed by atoms with E-state index in [-0.39, 0.29) is 24.3 Å². The lowest BCUT2D eigenvalue weighted by Crippen LogP contribution is -2.45. The van der Waals surface area contributed by atoms with Crippen LogP contribution in [0.3, 0.4) is 0 Å². The lowest BCUT2D eigenvalue weighted by atomic mass is 9.97. The van der Waals surface area contributed by atoms with Crippen LogP contribution in [0.5, 0.6) is 5.75 Å². The Bertz CT molecular complexity index is 554. The molecule has 5 nitrogen and oxygen atoms in total. The summed E-state index contributed by atoms with van der Waals surface area (Å²) in [5, 5.41) is 2.97. The topological polar surface area (TPSA) is 58.6 Å². The van der Waals surface area contributed by atoms with Crippen molar-refractivity contribution in [3.8, 4) is 5.75 Å². The lowest BCUT2D eigenvalue weighted by molar-refractivity contribution is -0.135. The molecule has 0 spiro atoms. The average Bonchev–Trinajstić information content (AvgIpc) is 2.59. The van der Waals surface area contributed by atoms with Crippen molar-refractivity contribution in [3.05, 3.63) is 29.8 Å². The second kappa shape index (κ2) is 8.71. The van der Waals surface area contributed by atoms with Crippen LogP contribution in [0.4, 0.5) is 0 Å². The van der Waals surface area contributed by atoms with Crippen LogP contribution in [0.15, 0.2) is 24.3 Å². The fourth-order valence-corrected chi connectivity index (χ4v) is 2.78. The molecule has 132 valence electrons. The van der Waals surface area contributed by atoms with E-state index in [9.17, 15) is 9.59 Å². The Morgan fingerprint density at radius 3 is 2.67 bits per heavy atom. The van der Waals surface area contributed by atoms with E-state index in [1.165, 1.54) is 0 Å². The number of piperidine rings is 1. The van der Waals surface area contributed by atoms with Crippen molar-refractivity contribution >= 4 is 11.8 Å². The number of rotatable bonds is 6. The van der Waals surface area contributed by atoms with Gasteiger partial charge in [-0.15, -0.1) is 0 Å². The molecule has 1 unspecified atom stereocenters. The van der Waals surface area contributed by atoms with Crippen LogP contribution in [0.2, 0.25) is 0 Å². The van der Waals surface area contributed by atoms with Crippen molar-refractivity contribution in [1.29, 1.82) is 0 Å². The van der Waals surface area contributed by atoms with E-state index in [0.717, 1.165) is 24.9 Å². The van der Waals surface area contributed by atoms with Crippen molar-refractivity contribution in [2.75, 3.05) is 26.2 Å². The lowest BCUT2D eigenvalue weighted by Gasteiger charge is -2.33. The number of aryl methyl sites for hydroxylation is 1. The van der Waals surface area contributed by atoms with Crippen LogP contribution < -0.4 is 10.1 Å². The Morgan fingerprint density at radius 2 is 2.00 bits per heavy atom. The van der Waals surface area contributed by atoms with Crippen molar-refractivity contribution in [2.45, 2.75) is 33.6 Å². The summed E-state index contributed by atoms with van der Waals surface area (Å²) in [4.78, 5) is 25.9. The maximum Gasteiger partial charge on any atom is 0.260 e. The number of nitrogens with one attached hydrogen (secondary N) is 1. The second-order valence-corrected chi connectivity index (χ2v) is 6.85. The zero-order valence-corrected chi connectivity index (χ0v) is 14.9. The van der Waals surface area contributed by atoms with Gasteiger partial charge in [-0.3, -0.25) is 9.59 Å². The largest absolute Gasteiger partial charge is 0.484 e. The zero-order chi connectivity index (χ0) is 17.5. The minimum absolute atomic E-state index is 0.00534. The Morgan fingerprint density at radius 1 is 1.29 bits per heavy atom. The number of benzene rings is 1. The maximum atomic E-state index is 12.3. The molecule has 1 aliphatic rings. The molecule has 1 aromatic rings. The minimum atomic E-state index is -0.00534. The Labute approximate surface area is 144 Å². The molecule has 0 aromatic heterocycles. The van der Waals surface area contributed by atoms with E-state index in [4.69, 9.17) is 4.74 Å². The summed E-state index contributed by atoms with van der Waals surface area (Å²) in [5.41, 5.74) is 1.16. The van der Waals surface area contributed by atoms with Crippen LogP contribution >= 0.6 is 0 Å². The molecule has 1 saturated heterocycles. The van der Waals surface area contributed by atoms with E-state index in [0.29, 0.717) is 24.8 Å². The predicted octanol–water partition coefficient (Wildman–Crippen LogP) is 2.38. The van der Waals surface area contributed by atoms with Crippen LogP contribution in [-0.4, -0.2) is 43.0 Å². The molecule has 0 bridgehead atoms. The molecule has 1 N–H and O–H groups in total. The first-order valence-corrected chi connectivity index (χ1v) is 8.70. The number of hydrogen-bond donors (Lipinski definition) is 1. The number of amides is 2. The van der Waals surface area contributed by atoms with Gasteiger partial charge in [0.2, 0.25) is 5.91 Å². The summed E-state index contributed by atoms with van der Waals surface area (Å²) in [6.07, 6.45) is 2.01. The number of likely N-dealkylation sites (tertiary alicyclic amines) is 1. The highest BCUT2D eigenvalue weighted by Crippen LogP contribution is 2.17. The first-order valence-electron chi connectivity index (χ1n) is 8.70. The van der Waals surface area contributed by atoms with Gasteiger partial charge in [0.25, 0.3) is 5.91 Å². The Kier molecular flexibility index (Phi) is 6.64. The summed E-state index contributed by atoms with van der Waals surface area (Å²) in [7, 11) is 0. The summed E-state index contributed by atoms with van der Waals surface area (Å²) in [6.45, 7) is 7.94. The van der Waals surface area contributed by atoms with Crippen molar-refractivity contribution in [2.24, 2.45) is 11.8 Å². The molecule has 1 heterocycles. The second-order valence-electron chi connectivity index (χ2n) is 6.85. The number of carbonyl (C=O) groups excluding carboxylic acids is 2. The van der Waals surface area contributed by atoms with Crippen LogP contribution in [-0.2, 0) is 9.59 Å². The summed E-state index contributed by atoms with van der Waals surface area (Å²) < 4.78 is 5.58. The number of nitrogens with zero attached hydrogens (tertiary/aromatic N) is 1. The standard InChI is InChI=1S/C19H28N2O3/c1-14(2)19(23)20-11-16-5-4-10-21(12-16)18(22)13-24-17-8-6-15(3)7-9-17/h6-9,14,16H,4-5,10-13H2,1-3H3,(H,20,23). The average molecular weight is 332 g/mol. The van der Waals surface area contributed by atoms with Gasteiger partial charge < -0.3 is 15.0 Å². The molecule has 2 rings (SSSR count). The van der Waals surface area contributed by atoms with E-state index < -0.39 is 0 Å². The molecule has 0 aliphatic carbocycles. The van der Waals surface area contributed by atoms with Crippen LogP contribution in [0.25, 0.3) is 0 Å². The first kappa shape index (κ1) is 18.3. The Balaban J connectivity index is 1.77. The Hall–Kier alpha value is -2.04. The van der Waals surface area contributed by atoms with E-state index in [1.54, 1.807) is 0 Å². The molecule has 1 atom stereocenters. The summed E-state index contributed by atoms with van der Waals surface area (Å²) in [5.74, 6) is 1.11. The molecule has 5 heteroatoms. The molecule has 24 heavy (non-hydrogen) atoms. The van der Waals surface area contributed by atoms with Crippen molar-refractivity contribution in [1.82, 2.24) is 10.2 Å². The molecular formula is C19H28N2O3. The van der Waals surface area contributed by atoms with E-state index in [2.05, 4.69) is 5.32 Å². The van der Waals surface area contributed by atoms with Crippen LogP contribution in [0, 0.1) is 18.8 Å². The first-order chi connectivity index (χ1) is 11.5. The molecule has 1 aromatic carbocycles. The van der Waals surface area contributed by atoms with Crippen molar-refractivity contribution in [3.63, 3.8) is 0 Å². The van der Waals surface area contributed by atoms with E-state index >= 15 is 0 Å². The third-order valence-electron chi connectivity index (χ3n) is 4.34. The fraction of sp³-hybridized carbons (Fsp3) is 0.579. The predicted molar refractivity (Wildman–Crippen MR) is 93.8 cm³/mol. The normalized spacial score (nSPS) is 17.7. The van der Waals surface area contributed by atoms with Gasteiger partial charge >= 0.3 is 0 Å². The monoisotopic (exact) mass is 332 g/mol. The highest BCUT2D eigenvalue weighted by molar-refractivity contribution is 5.78. The van der Waals surface area contributed by atoms with Gasteiger partial charge in [-0.25, -0.2) is 0 Å². The molecular weight excluding hydrogens is 304 g/mol. The molecule has 0 radical (unpaired) electrons. The SMILES string of the molecule is Cc1ccc(OCC(=O)N2CCCC(CNC(=O)C(C)C)C2)cc1. The van der Waals surface area contributed by atoms with Gasteiger partial charge in [0, 0.05) is 25.6 Å². The third kappa shape index (κ3) is 5.55. The van der Waals surface area contributed by atoms with Gasteiger partial charge in [-0.1, -0.05) is 31.5 Å². The maximum absolute atomic E-state index is 12.3. The highest BCUT2D eigenvalue weighted by atomic mass is 16.5. The van der Waals surface area contributed by atoms with E-state index in [1.807, 2.05) is 49.9 Å². The van der Waals surface area contributed by atoms with Gasteiger partial charge in [-0.05, 0) is 37.8 Å². The molecule has 2 amide bonds. The molecule has 1 aliphatic heterocycles. The van der Waals surface area contributed by atoms with Crippen LogP contribution in [0.1, 0.15) is 32.3 Å². The molecule has 0 saturated carbocycles. The number of ether oxygens (including phenoxy) is 1. The van der Waals surface area contributed by atoms with Gasteiger partial charge in [0.05, 0.1) is 0 Å². The van der Waals surface area contributed by atoms with Crippen molar-refractivity contribution < 1.29 is 14.3 Å². The molecule has 1 fully saturated rings. The summed E-state index contributed by atoms with van der Waals surface area (Å²) >= 11 is 0. The number of hydrogen-bond acceptors (Lipinski definition) is 3. The smallest absolute Gasteiger partial charge is 0.260 e. The van der Waals surface area contributed by atoms with Gasteiger partial charge in [0.15, 0.2) is 6.61 Å². The summed E-state index contributed by atoms with van der Waals surface area (Å²) in [6, 6.07) is 7.69. The number of carbonyl (C=O) groups is 2. The third-order valence-corrected chi connectivity index (χ3v) is 4.34. The highest BCUT2D eigenvalue weighted by Gasteiger charge is 2.24. The van der Waals surface area contributed by atoms with Gasteiger partial charge in [-0.2, -0.15) is 0 Å². The van der Waals surface area contributed by atoms with Gasteiger partial charge in [0.1, 0.15) is 5.75 Å². The fourth-order valence-electron chi connectivity index (χ4n) is 2.78.